The quantitative estimate of drug-likeness (QED) is 0.829. The number of amides is 1. The summed E-state index contributed by atoms with van der Waals surface area (Å²) in [5, 5.41) is 0.668. The van der Waals surface area contributed by atoms with Gasteiger partial charge in [0.25, 0.3) is 0 Å². The summed E-state index contributed by atoms with van der Waals surface area (Å²) in [4.78, 5) is 13.3. The molecule has 0 spiro atoms. The number of anilines is 1. The number of carbonyl (C=O) groups excluding carboxylic acids is 1. The molecule has 4 nitrogen and oxygen atoms in total. The van der Waals surface area contributed by atoms with Crippen molar-refractivity contribution in [2.24, 2.45) is 11.7 Å². The van der Waals surface area contributed by atoms with E-state index in [2.05, 4.69) is 4.90 Å². The van der Waals surface area contributed by atoms with Crippen molar-refractivity contribution >= 4 is 23.2 Å². The molecule has 1 fully saturated rings. The molecule has 1 heterocycles. The van der Waals surface area contributed by atoms with Crippen molar-refractivity contribution in [1.82, 2.24) is 4.90 Å². The first-order valence-electron chi connectivity index (χ1n) is 6.59. The minimum absolute atomic E-state index is 0.194. The molecule has 4 N–H and O–H groups in total. The molecule has 5 heteroatoms. The van der Waals surface area contributed by atoms with Crippen LogP contribution in [0.5, 0.6) is 0 Å². The van der Waals surface area contributed by atoms with E-state index in [1.165, 1.54) is 0 Å². The Morgan fingerprint density at radius 3 is 2.63 bits per heavy atom. The van der Waals surface area contributed by atoms with Crippen molar-refractivity contribution in [3.8, 4) is 0 Å². The van der Waals surface area contributed by atoms with E-state index < -0.39 is 0 Å². The Labute approximate surface area is 118 Å². The maximum Gasteiger partial charge on any atom is 0.217 e. The van der Waals surface area contributed by atoms with E-state index in [0.29, 0.717) is 17.4 Å². The van der Waals surface area contributed by atoms with Gasteiger partial charge in [-0.3, -0.25) is 9.69 Å². The van der Waals surface area contributed by atoms with Gasteiger partial charge in [-0.05, 0) is 49.5 Å². The highest BCUT2D eigenvalue weighted by atomic mass is 35.5. The van der Waals surface area contributed by atoms with Crippen LogP contribution >= 0.6 is 11.6 Å². The normalized spacial score (nSPS) is 17.5. The minimum atomic E-state index is -0.194. The van der Waals surface area contributed by atoms with E-state index in [1.807, 2.05) is 12.1 Å². The molecule has 104 valence electrons. The lowest BCUT2D eigenvalue weighted by Crippen LogP contribution is -2.34. The smallest absolute Gasteiger partial charge is 0.217 e. The predicted molar refractivity (Wildman–Crippen MR) is 77.7 cm³/mol. The number of carbonyl (C=O) groups is 1. The van der Waals surface area contributed by atoms with Crippen LogP contribution in [0.4, 0.5) is 5.69 Å². The van der Waals surface area contributed by atoms with Crippen molar-refractivity contribution in [3.63, 3.8) is 0 Å². The molecule has 0 radical (unpaired) electrons. The molecule has 0 unspecified atom stereocenters. The number of rotatable bonds is 4. The molecule has 19 heavy (non-hydrogen) atoms. The number of likely N-dealkylation sites (tertiary alicyclic amines) is 1. The fourth-order valence-corrected chi connectivity index (χ4v) is 2.76. The van der Waals surface area contributed by atoms with Crippen molar-refractivity contribution in [1.29, 1.82) is 0 Å². The highest BCUT2D eigenvalue weighted by Crippen LogP contribution is 2.24. The van der Waals surface area contributed by atoms with Gasteiger partial charge in [0.05, 0.1) is 0 Å². The largest absolute Gasteiger partial charge is 0.398 e. The molecule has 1 aromatic carbocycles. The number of primary amides is 1. The van der Waals surface area contributed by atoms with Gasteiger partial charge in [-0.15, -0.1) is 0 Å². The molecule has 1 saturated heterocycles. The van der Waals surface area contributed by atoms with Crippen LogP contribution in [-0.2, 0) is 11.3 Å². The molecular weight excluding hydrogens is 262 g/mol. The van der Waals surface area contributed by atoms with E-state index in [9.17, 15) is 4.79 Å². The van der Waals surface area contributed by atoms with E-state index in [-0.39, 0.29) is 5.91 Å². The van der Waals surface area contributed by atoms with Crippen LogP contribution in [0.25, 0.3) is 0 Å². The number of nitrogens with zero attached hydrogens (tertiary/aromatic N) is 1. The SMILES string of the molecule is NC(=O)CC1CCN(Cc2ccc(Cl)cc2N)CC1. The second-order valence-electron chi connectivity index (χ2n) is 5.23. The second-order valence-corrected chi connectivity index (χ2v) is 5.67. The molecule has 0 saturated carbocycles. The number of nitrogen functional groups attached to an aromatic ring is 1. The van der Waals surface area contributed by atoms with E-state index in [4.69, 9.17) is 23.1 Å². The van der Waals surface area contributed by atoms with Crippen LogP contribution in [0, 0.1) is 5.92 Å². The number of nitrogens with two attached hydrogens (primary N) is 2. The fourth-order valence-electron chi connectivity index (χ4n) is 2.58. The third-order valence-corrected chi connectivity index (χ3v) is 3.93. The molecule has 1 aliphatic rings. The van der Waals surface area contributed by atoms with Gasteiger partial charge in [0, 0.05) is 23.7 Å². The number of hydrogen-bond acceptors (Lipinski definition) is 3. The van der Waals surface area contributed by atoms with Crippen LogP contribution in [0.3, 0.4) is 0 Å². The first kappa shape index (κ1) is 14.2. The monoisotopic (exact) mass is 281 g/mol. The highest BCUT2D eigenvalue weighted by molar-refractivity contribution is 6.30. The summed E-state index contributed by atoms with van der Waals surface area (Å²) in [6.07, 6.45) is 2.56. The van der Waals surface area contributed by atoms with Crippen molar-refractivity contribution in [2.45, 2.75) is 25.8 Å². The Kier molecular flexibility index (Phi) is 4.66. The van der Waals surface area contributed by atoms with Crippen molar-refractivity contribution < 1.29 is 4.79 Å². The Bertz CT molecular complexity index is 456. The molecule has 2 rings (SSSR count). The molecule has 1 amide bonds. The molecule has 0 atom stereocenters. The fraction of sp³-hybridized carbons (Fsp3) is 0.500. The summed E-state index contributed by atoms with van der Waals surface area (Å²) < 4.78 is 0. The summed E-state index contributed by atoms with van der Waals surface area (Å²) in [6.45, 7) is 2.81. The van der Waals surface area contributed by atoms with Gasteiger partial charge in [0.1, 0.15) is 0 Å². The average Bonchev–Trinajstić information content (AvgIpc) is 2.34. The lowest BCUT2D eigenvalue weighted by atomic mass is 9.93. The van der Waals surface area contributed by atoms with Crippen molar-refractivity contribution in [3.05, 3.63) is 28.8 Å². The van der Waals surface area contributed by atoms with Gasteiger partial charge in [0.2, 0.25) is 5.91 Å². The summed E-state index contributed by atoms with van der Waals surface area (Å²) in [6, 6.07) is 5.64. The van der Waals surface area contributed by atoms with Gasteiger partial charge in [0.15, 0.2) is 0 Å². The zero-order valence-electron chi connectivity index (χ0n) is 10.9. The van der Waals surface area contributed by atoms with Gasteiger partial charge in [-0.2, -0.15) is 0 Å². The molecular formula is C14H20ClN3O. The van der Waals surface area contributed by atoms with Gasteiger partial charge in [-0.1, -0.05) is 17.7 Å². The topological polar surface area (TPSA) is 72.4 Å². The maximum absolute atomic E-state index is 10.9. The lowest BCUT2D eigenvalue weighted by Gasteiger charge is -2.31. The van der Waals surface area contributed by atoms with Crippen LogP contribution in [0.2, 0.25) is 5.02 Å². The van der Waals surface area contributed by atoms with Gasteiger partial charge >= 0.3 is 0 Å². The van der Waals surface area contributed by atoms with E-state index >= 15 is 0 Å². The third kappa shape index (κ3) is 4.11. The number of halogens is 1. The van der Waals surface area contributed by atoms with Crippen LogP contribution in [0.1, 0.15) is 24.8 Å². The van der Waals surface area contributed by atoms with Gasteiger partial charge in [-0.25, -0.2) is 0 Å². The van der Waals surface area contributed by atoms with Crippen molar-refractivity contribution in [2.75, 3.05) is 18.8 Å². The molecule has 0 aliphatic carbocycles. The third-order valence-electron chi connectivity index (χ3n) is 3.70. The minimum Gasteiger partial charge on any atom is -0.398 e. The number of benzene rings is 1. The Balaban J connectivity index is 1.87. The zero-order valence-corrected chi connectivity index (χ0v) is 11.7. The van der Waals surface area contributed by atoms with Gasteiger partial charge < -0.3 is 11.5 Å². The Hall–Kier alpha value is -1.26. The van der Waals surface area contributed by atoms with Crippen LogP contribution in [0.15, 0.2) is 18.2 Å². The van der Waals surface area contributed by atoms with E-state index in [0.717, 1.165) is 43.7 Å². The standard InChI is InChI=1S/C14H20ClN3O/c15-12-2-1-11(13(16)8-12)9-18-5-3-10(4-6-18)7-14(17)19/h1-2,8,10H,3-7,9,16H2,(H2,17,19). The van der Waals surface area contributed by atoms with Crippen LogP contribution in [-0.4, -0.2) is 23.9 Å². The lowest BCUT2D eigenvalue weighted by molar-refractivity contribution is -0.119. The Morgan fingerprint density at radius 2 is 2.05 bits per heavy atom. The number of piperidine rings is 1. The molecule has 1 aliphatic heterocycles. The zero-order chi connectivity index (χ0) is 13.8. The molecule has 0 bridgehead atoms. The maximum atomic E-state index is 10.9. The average molecular weight is 282 g/mol. The summed E-state index contributed by atoms with van der Waals surface area (Å²) in [5.41, 5.74) is 13.0. The molecule has 0 aromatic heterocycles. The first-order valence-corrected chi connectivity index (χ1v) is 6.97. The highest BCUT2D eigenvalue weighted by Gasteiger charge is 2.21. The van der Waals surface area contributed by atoms with E-state index in [1.54, 1.807) is 6.07 Å². The Morgan fingerprint density at radius 1 is 1.37 bits per heavy atom. The first-order chi connectivity index (χ1) is 9.04. The van der Waals surface area contributed by atoms with Crippen LogP contribution < -0.4 is 11.5 Å². The summed E-state index contributed by atoms with van der Waals surface area (Å²) in [5.74, 6) is 0.247. The summed E-state index contributed by atoms with van der Waals surface area (Å²) in [7, 11) is 0. The number of hydrogen-bond donors (Lipinski definition) is 2. The molecule has 1 aromatic rings. The second kappa shape index (κ2) is 6.26. The predicted octanol–water partition coefficient (Wildman–Crippen LogP) is 2.01. The summed E-state index contributed by atoms with van der Waals surface area (Å²) >= 11 is 5.89.